The minimum absolute atomic E-state index is 0.0246. The van der Waals surface area contributed by atoms with Crippen LogP contribution in [0.3, 0.4) is 0 Å². The predicted octanol–water partition coefficient (Wildman–Crippen LogP) is 11.9. The zero-order valence-corrected chi connectivity index (χ0v) is 36.1. The maximum Gasteiger partial charge on any atom is 0.472 e. The molecule has 1 N–H and O–H groups in total. The molecule has 0 heterocycles. The van der Waals surface area contributed by atoms with Gasteiger partial charge in [0.05, 0.1) is 27.7 Å². The molecule has 0 aliphatic rings. The van der Waals surface area contributed by atoms with E-state index in [9.17, 15) is 19.0 Å². The summed E-state index contributed by atoms with van der Waals surface area (Å²) in [6, 6.07) is 0. The molecule has 0 aliphatic heterocycles. The SMILES string of the molecule is CCCCC/C=C/C/C=C/CCCCCCCC(=O)O[C@H](COC(=O)CCCCCCC/C=C/C=C/CCCCCC)COP(=O)(O)OCC[N+](C)(C)C. The lowest BCUT2D eigenvalue weighted by atomic mass is 10.1. The molecule has 1 unspecified atom stereocenters. The van der Waals surface area contributed by atoms with Gasteiger partial charge in [-0.15, -0.1) is 0 Å². The first-order valence-electron chi connectivity index (χ1n) is 21.4. The molecule has 0 aromatic heterocycles. The molecular weight excluding hydrogens is 701 g/mol. The number of hydrogen-bond acceptors (Lipinski definition) is 7. The number of hydrogen-bond donors (Lipinski definition) is 1. The molecule has 2 atom stereocenters. The van der Waals surface area contributed by atoms with Crippen molar-refractivity contribution in [3.8, 4) is 0 Å². The van der Waals surface area contributed by atoms with Crippen molar-refractivity contribution in [1.82, 2.24) is 0 Å². The van der Waals surface area contributed by atoms with E-state index in [1.807, 2.05) is 21.1 Å². The number of nitrogens with zero attached hydrogens (tertiary/aromatic N) is 1. The van der Waals surface area contributed by atoms with E-state index in [2.05, 4.69) is 62.5 Å². The second kappa shape index (κ2) is 36.6. The molecule has 0 aliphatic carbocycles. The lowest BCUT2D eigenvalue weighted by molar-refractivity contribution is -0.870. The Kier molecular flexibility index (Phi) is 35.2. The van der Waals surface area contributed by atoms with E-state index >= 15 is 0 Å². The number of phosphoric acid groups is 1. The number of carbonyl (C=O) groups is 2. The predicted molar refractivity (Wildman–Crippen MR) is 224 cm³/mol. The number of allylic oxidation sites excluding steroid dienone is 8. The largest absolute Gasteiger partial charge is 0.472 e. The van der Waals surface area contributed by atoms with Gasteiger partial charge in [0.15, 0.2) is 6.10 Å². The van der Waals surface area contributed by atoms with Gasteiger partial charge in [0, 0.05) is 12.8 Å². The molecule has 54 heavy (non-hydrogen) atoms. The topological polar surface area (TPSA) is 108 Å². The Bertz CT molecular complexity index is 1070. The normalized spacial score (nSPS) is 14.1. The molecule has 0 bridgehead atoms. The van der Waals surface area contributed by atoms with Crippen LogP contribution in [0.5, 0.6) is 0 Å². The molecule has 314 valence electrons. The summed E-state index contributed by atoms with van der Waals surface area (Å²) >= 11 is 0. The van der Waals surface area contributed by atoms with Gasteiger partial charge in [-0.3, -0.25) is 18.6 Å². The summed E-state index contributed by atoms with van der Waals surface area (Å²) in [5, 5.41) is 0. The highest BCUT2D eigenvalue weighted by Gasteiger charge is 2.27. The summed E-state index contributed by atoms with van der Waals surface area (Å²) in [6.07, 6.45) is 41.5. The highest BCUT2D eigenvalue weighted by molar-refractivity contribution is 7.47. The molecule has 0 saturated heterocycles. The van der Waals surface area contributed by atoms with Crippen molar-refractivity contribution in [3.05, 3.63) is 48.6 Å². The second-order valence-corrected chi connectivity index (χ2v) is 16.9. The monoisotopic (exact) mass is 783 g/mol. The van der Waals surface area contributed by atoms with Crippen LogP contribution >= 0.6 is 7.82 Å². The van der Waals surface area contributed by atoms with Gasteiger partial charge in [0.1, 0.15) is 19.8 Å². The van der Waals surface area contributed by atoms with Crippen molar-refractivity contribution in [2.24, 2.45) is 0 Å². The van der Waals surface area contributed by atoms with Crippen molar-refractivity contribution in [1.29, 1.82) is 0 Å². The van der Waals surface area contributed by atoms with E-state index in [-0.39, 0.29) is 32.0 Å². The first-order valence-corrected chi connectivity index (χ1v) is 22.9. The highest BCUT2D eigenvalue weighted by Crippen LogP contribution is 2.43. The van der Waals surface area contributed by atoms with Gasteiger partial charge in [-0.1, -0.05) is 133 Å². The van der Waals surface area contributed by atoms with Crippen LogP contribution in [0.4, 0.5) is 0 Å². The molecule has 0 saturated carbocycles. The number of ether oxygens (including phenoxy) is 2. The zero-order chi connectivity index (χ0) is 40.0. The Morgan fingerprint density at radius 1 is 0.593 bits per heavy atom. The fourth-order valence-electron chi connectivity index (χ4n) is 5.44. The lowest BCUT2D eigenvalue weighted by Crippen LogP contribution is -2.37. The summed E-state index contributed by atoms with van der Waals surface area (Å²) < 4.78 is 34.2. The third-order valence-corrected chi connectivity index (χ3v) is 9.84. The fourth-order valence-corrected chi connectivity index (χ4v) is 6.19. The molecule has 0 rings (SSSR count). The maximum absolute atomic E-state index is 12.7. The first-order chi connectivity index (χ1) is 26.0. The molecule has 9 nitrogen and oxygen atoms in total. The van der Waals surface area contributed by atoms with Gasteiger partial charge < -0.3 is 18.9 Å². The van der Waals surface area contributed by atoms with Crippen LogP contribution in [0, 0.1) is 0 Å². The van der Waals surface area contributed by atoms with Gasteiger partial charge in [-0.05, 0) is 70.6 Å². The second-order valence-electron chi connectivity index (χ2n) is 15.4. The van der Waals surface area contributed by atoms with Gasteiger partial charge in [-0.25, -0.2) is 4.57 Å². The molecule has 0 radical (unpaired) electrons. The minimum atomic E-state index is -4.38. The number of esters is 2. The van der Waals surface area contributed by atoms with E-state index in [4.69, 9.17) is 18.5 Å². The van der Waals surface area contributed by atoms with Gasteiger partial charge in [0.2, 0.25) is 0 Å². The third-order valence-electron chi connectivity index (χ3n) is 8.86. The van der Waals surface area contributed by atoms with Crippen molar-refractivity contribution in [3.63, 3.8) is 0 Å². The van der Waals surface area contributed by atoms with E-state index in [1.165, 1.54) is 51.4 Å². The van der Waals surface area contributed by atoms with Crippen LogP contribution in [-0.4, -0.2) is 74.9 Å². The van der Waals surface area contributed by atoms with E-state index in [0.717, 1.165) is 83.5 Å². The highest BCUT2D eigenvalue weighted by atomic mass is 31.2. The minimum Gasteiger partial charge on any atom is -0.462 e. The summed E-state index contributed by atoms with van der Waals surface area (Å²) in [5.41, 5.74) is 0. The lowest BCUT2D eigenvalue weighted by Gasteiger charge is -2.24. The summed E-state index contributed by atoms with van der Waals surface area (Å²) in [6.45, 7) is 4.33. The van der Waals surface area contributed by atoms with Gasteiger partial charge in [0.25, 0.3) is 0 Å². The van der Waals surface area contributed by atoms with Crippen molar-refractivity contribution < 1.29 is 42.1 Å². The zero-order valence-electron chi connectivity index (χ0n) is 35.2. The summed E-state index contributed by atoms with van der Waals surface area (Å²) in [4.78, 5) is 35.3. The smallest absolute Gasteiger partial charge is 0.462 e. The molecule has 0 spiro atoms. The first kappa shape index (κ1) is 52.0. The maximum atomic E-state index is 12.7. The molecule has 0 aromatic carbocycles. The summed E-state index contributed by atoms with van der Waals surface area (Å²) in [7, 11) is 1.45. The van der Waals surface area contributed by atoms with Crippen LogP contribution in [0.1, 0.15) is 168 Å². The van der Waals surface area contributed by atoms with Crippen LogP contribution in [0.25, 0.3) is 0 Å². The van der Waals surface area contributed by atoms with Gasteiger partial charge >= 0.3 is 19.8 Å². The van der Waals surface area contributed by atoms with Crippen LogP contribution < -0.4 is 0 Å². The summed E-state index contributed by atoms with van der Waals surface area (Å²) in [5.74, 6) is -0.835. The third kappa shape index (κ3) is 39.7. The molecule has 10 heteroatoms. The van der Waals surface area contributed by atoms with E-state index in [0.29, 0.717) is 17.4 Å². The Morgan fingerprint density at radius 2 is 1.06 bits per heavy atom. The Balaban J connectivity index is 4.44. The Morgan fingerprint density at radius 3 is 1.61 bits per heavy atom. The fraction of sp³-hybridized carbons (Fsp3) is 0.773. The Hall–Kier alpha value is -2.03. The molecule has 0 fully saturated rings. The van der Waals surface area contributed by atoms with Crippen molar-refractivity contribution in [2.45, 2.75) is 174 Å². The van der Waals surface area contributed by atoms with Crippen LogP contribution in [0.2, 0.25) is 0 Å². The quantitative estimate of drug-likeness (QED) is 0.0165. The van der Waals surface area contributed by atoms with E-state index < -0.39 is 26.5 Å². The van der Waals surface area contributed by atoms with Crippen molar-refractivity contribution in [2.75, 3.05) is 47.5 Å². The number of phosphoric ester groups is 1. The number of likely N-dealkylation sites (N-methyl/N-ethyl adjacent to an activating group) is 1. The Labute approximate surface area is 331 Å². The average Bonchev–Trinajstić information content (AvgIpc) is 3.12. The molecular formula is C44H81NO8P+. The average molecular weight is 783 g/mol. The molecule has 0 amide bonds. The number of carbonyl (C=O) groups excluding carboxylic acids is 2. The number of quaternary nitrogens is 1. The molecule has 0 aromatic rings. The number of rotatable bonds is 38. The standard InChI is InChI=1S/C44H80NO8P/c1-6-8-10-12-14-16-18-20-22-24-26-28-30-32-34-36-43(46)50-40-42(41-52-54(48,49)51-39-38-45(3,4)5)53-44(47)37-35-33-31-29-27-25-23-21-19-17-15-13-11-9-7-2/h15-18,20-23,42H,6-14,19,24-41H2,1-5H3/p+1/b17-15+,18-16+,22-20+,23-21+/t42-/m1/s1. The van der Waals surface area contributed by atoms with Gasteiger partial charge in [-0.2, -0.15) is 0 Å². The van der Waals surface area contributed by atoms with Crippen LogP contribution in [0.15, 0.2) is 48.6 Å². The number of unbranched alkanes of at least 4 members (excludes halogenated alkanes) is 17. The van der Waals surface area contributed by atoms with Crippen LogP contribution in [-0.2, 0) is 32.7 Å². The van der Waals surface area contributed by atoms with Crippen molar-refractivity contribution >= 4 is 19.8 Å². The van der Waals surface area contributed by atoms with E-state index in [1.54, 1.807) is 0 Å².